The number of anilines is 1. The molecule has 0 radical (unpaired) electrons. The van der Waals surface area contributed by atoms with E-state index >= 15 is 0 Å². The van der Waals surface area contributed by atoms with Gasteiger partial charge in [0.25, 0.3) is 0 Å². The van der Waals surface area contributed by atoms with Gasteiger partial charge in [-0.05, 0) is 6.07 Å². The average Bonchev–Trinajstić information content (AvgIpc) is 2.48. The van der Waals surface area contributed by atoms with Crippen molar-refractivity contribution in [2.45, 2.75) is 13.3 Å². The lowest BCUT2D eigenvalue weighted by Gasteiger charge is -1.97. The Morgan fingerprint density at radius 2 is 2.21 bits per heavy atom. The third-order valence-electron chi connectivity index (χ3n) is 1.50. The molecule has 0 aliphatic heterocycles. The Morgan fingerprint density at radius 3 is 2.71 bits per heavy atom. The Labute approximate surface area is 87.0 Å². The number of Topliss-reactive ketones (excluding diaryl/α,β-unsaturated/α-hetero) is 1. The van der Waals surface area contributed by atoms with Crippen LogP contribution in [0.15, 0.2) is 11.4 Å². The Balaban J connectivity index is 2.84. The summed E-state index contributed by atoms with van der Waals surface area (Å²) in [5.41, 5.74) is 0.453. The summed E-state index contributed by atoms with van der Waals surface area (Å²) in [6.45, 7) is 1.77. The van der Waals surface area contributed by atoms with Crippen molar-refractivity contribution in [3.05, 3.63) is 16.3 Å². The minimum atomic E-state index is -3.25. The molecule has 78 valence electrons. The molecule has 0 aliphatic carbocycles. The normalized spacial score (nSPS) is 11.3. The van der Waals surface area contributed by atoms with E-state index in [1.807, 2.05) is 0 Å². The maximum absolute atomic E-state index is 11.2. The molecule has 0 bridgehead atoms. The van der Waals surface area contributed by atoms with Gasteiger partial charge in [-0.3, -0.25) is 9.52 Å². The van der Waals surface area contributed by atoms with Crippen LogP contribution < -0.4 is 4.72 Å². The summed E-state index contributed by atoms with van der Waals surface area (Å²) in [4.78, 5) is 11.8. The van der Waals surface area contributed by atoms with Gasteiger partial charge in [-0.1, -0.05) is 6.92 Å². The quantitative estimate of drug-likeness (QED) is 0.805. The van der Waals surface area contributed by atoms with E-state index in [1.165, 1.54) is 11.3 Å². The van der Waals surface area contributed by atoms with E-state index in [2.05, 4.69) is 4.72 Å². The maximum Gasteiger partial charge on any atom is 0.229 e. The molecule has 0 saturated heterocycles. The minimum absolute atomic E-state index is 0.0246. The highest BCUT2D eigenvalue weighted by atomic mass is 32.2. The molecule has 0 aromatic carbocycles. The third kappa shape index (κ3) is 3.12. The summed E-state index contributed by atoms with van der Waals surface area (Å²) in [6.07, 6.45) is 1.50. The van der Waals surface area contributed by atoms with Crippen molar-refractivity contribution in [3.8, 4) is 0 Å². The molecule has 0 aliphatic rings. The largest absolute Gasteiger partial charge is 0.293 e. The Morgan fingerprint density at radius 1 is 1.57 bits per heavy atom. The maximum atomic E-state index is 11.2. The molecule has 1 heterocycles. The van der Waals surface area contributed by atoms with Gasteiger partial charge in [0, 0.05) is 11.8 Å². The van der Waals surface area contributed by atoms with Crippen LogP contribution in [0.4, 0.5) is 5.69 Å². The fourth-order valence-corrected chi connectivity index (χ4v) is 2.40. The molecule has 1 N–H and O–H groups in total. The summed E-state index contributed by atoms with van der Waals surface area (Å²) in [5, 5.41) is 1.62. The fourth-order valence-electron chi connectivity index (χ4n) is 0.924. The molecule has 0 unspecified atom stereocenters. The number of carbonyl (C=O) groups is 1. The van der Waals surface area contributed by atoms with Crippen LogP contribution in [0.2, 0.25) is 0 Å². The van der Waals surface area contributed by atoms with Crippen LogP contribution in [0.3, 0.4) is 0 Å². The summed E-state index contributed by atoms with van der Waals surface area (Å²) in [5.74, 6) is 0.0246. The van der Waals surface area contributed by atoms with Crippen molar-refractivity contribution in [2.24, 2.45) is 0 Å². The second-order valence-corrected chi connectivity index (χ2v) is 5.51. The zero-order chi connectivity index (χ0) is 10.8. The summed E-state index contributed by atoms with van der Waals surface area (Å²) in [6, 6.07) is 1.55. The van der Waals surface area contributed by atoms with E-state index in [1.54, 1.807) is 18.4 Å². The molecular weight excluding hydrogens is 222 g/mol. The first-order valence-electron chi connectivity index (χ1n) is 4.02. The van der Waals surface area contributed by atoms with E-state index in [4.69, 9.17) is 0 Å². The molecule has 0 amide bonds. The number of carbonyl (C=O) groups excluding carboxylic acids is 1. The molecule has 6 heteroatoms. The molecule has 4 nitrogen and oxygen atoms in total. The molecule has 0 atom stereocenters. The monoisotopic (exact) mass is 233 g/mol. The van der Waals surface area contributed by atoms with Crippen molar-refractivity contribution < 1.29 is 13.2 Å². The summed E-state index contributed by atoms with van der Waals surface area (Å²) >= 11 is 1.25. The first-order valence-corrected chi connectivity index (χ1v) is 6.79. The third-order valence-corrected chi connectivity index (χ3v) is 3.08. The zero-order valence-corrected chi connectivity index (χ0v) is 9.54. The lowest BCUT2D eigenvalue weighted by Crippen LogP contribution is -2.08. The van der Waals surface area contributed by atoms with Crippen LogP contribution in [0.1, 0.15) is 23.0 Å². The molecule has 1 aromatic rings. The van der Waals surface area contributed by atoms with E-state index in [0.717, 1.165) is 6.26 Å². The standard InChI is InChI=1S/C8H11NO3S2/c1-3-7(10)8-4-6(5-13-8)9-14(2,11)12/h4-5,9H,3H2,1-2H3. The predicted octanol–water partition coefficient (Wildman–Crippen LogP) is 1.71. The number of rotatable bonds is 4. The number of ketones is 1. The van der Waals surface area contributed by atoms with E-state index < -0.39 is 10.0 Å². The van der Waals surface area contributed by atoms with Gasteiger partial charge in [0.1, 0.15) is 0 Å². The first-order chi connectivity index (χ1) is 6.42. The first kappa shape index (κ1) is 11.2. The molecule has 1 aromatic heterocycles. The lowest BCUT2D eigenvalue weighted by molar-refractivity contribution is 0.0992. The van der Waals surface area contributed by atoms with E-state index in [9.17, 15) is 13.2 Å². The van der Waals surface area contributed by atoms with Gasteiger partial charge < -0.3 is 0 Å². The number of sulfonamides is 1. The van der Waals surface area contributed by atoms with Gasteiger partial charge in [-0.25, -0.2) is 8.42 Å². The minimum Gasteiger partial charge on any atom is -0.293 e. The molecule has 14 heavy (non-hydrogen) atoms. The molecule has 0 saturated carbocycles. The van der Waals surface area contributed by atoms with Gasteiger partial charge in [0.05, 0.1) is 16.8 Å². The highest BCUT2D eigenvalue weighted by Gasteiger charge is 2.08. The smallest absolute Gasteiger partial charge is 0.229 e. The molecule has 0 fully saturated rings. The predicted molar refractivity (Wildman–Crippen MR) is 57.4 cm³/mol. The molecule has 0 spiro atoms. The Bertz CT molecular complexity index is 433. The lowest BCUT2D eigenvalue weighted by atomic mass is 10.2. The molecular formula is C8H11NO3S2. The fraction of sp³-hybridized carbons (Fsp3) is 0.375. The van der Waals surface area contributed by atoms with E-state index in [0.29, 0.717) is 17.0 Å². The summed E-state index contributed by atoms with van der Waals surface area (Å²) < 4.78 is 24.0. The Kier molecular flexibility index (Phi) is 3.28. The summed E-state index contributed by atoms with van der Waals surface area (Å²) in [7, 11) is -3.25. The van der Waals surface area contributed by atoms with Gasteiger partial charge in [0.15, 0.2) is 5.78 Å². The van der Waals surface area contributed by atoms with Crippen molar-refractivity contribution in [2.75, 3.05) is 11.0 Å². The highest BCUT2D eigenvalue weighted by molar-refractivity contribution is 7.92. The second kappa shape index (κ2) is 4.10. The SMILES string of the molecule is CCC(=O)c1cc(NS(C)(=O)=O)cs1. The van der Waals surface area contributed by atoms with Gasteiger partial charge in [-0.15, -0.1) is 11.3 Å². The van der Waals surface area contributed by atoms with Crippen molar-refractivity contribution in [1.29, 1.82) is 0 Å². The molecule has 1 rings (SSSR count). The van der Waals surface area contributed by atoms with Gasteiger partial charge in [0.2, 0.25) is 10.0 Å². The van der Waals surface area contributed by atoms with Gasteiger partial charge in [-0.2, -0.15) is 0 Å². The number of hydrogen-bond donors (Lipinski definition) is 1. The van der Waals surface area contributed by atoms with Crippen LogP contribution >= 0.6 is 11.3 Å². The van der Waals surface area contributed by atoms with Crippen LogP contribution in [-0.2, 0) is 10.0 Å². The van der Waals surface area contributed by atoms with Crippen LogP contribution in [-0.4, -0.2) is 20.5 Å². The zero-order valence-electron chi connectivity index (χ0n) is 7.90. The van der Waals surface area contributed by atoms with Crippen LogP contribution in [0, 0.1) is 0 Å². The Hall–Kier alpha value is -0.880. The number of hydrogen-bond acceptors (Lipinski definition) is 4. The number of nitrogens with one attached hydrogen (secondary N) is 1. The van der Waals surface area contributed by atoms with Crippen molar-refractivity contribution >= 4 is 32.8 Å². The second-order valence-electron chi connectivity index (χ2n) is 2.85. The van der Waals surface area contributed by atoms with Crippen molar-refractivity contribution in [1.82, 2.24) is 0 Å². The van der Waals surface area contributed by atoms with E-state index in [-0.39, 0.29) is 5.78 Å². The topological polar surface area (TPSA) is 63.2 Å². The number of thiophene rings is 1. The van der Waals surface area contributed by atoms with Crippen molar-refractivity contribution in [3.63, 3.8) is 0 Å². The highest BCUT2D eigenvalue weighted by Crippen LogP contribution is 2.21. The van der Waals surface area contributed by atoms with Gasteiger partial charge >= 0.3 is 0 Å². The van der Waals surface area contributed by atoms with Crippen LogP contribution in [0.25, 0.3) is 0 Å². The van der Waals surface area contributed by atoms with Crippen LogP contribution in [0.5, 0.6) is 0 Å². The average molecular weight is 233 g/mol.